The number of nitro groups is 1. The van der Waals surface area contributed by atoms with Crippen LogP contribution >= 0.6 is 11.8 Å². The van der Waals surface area contributed by atoms with Crippen molar-refractivity contribution < 1.29 is 14.5 Å². The predicted molar refractivity (Wildman–Crippen MR) is 132 cm³/mol. The Morgan fingerprint density at radius 1 is 1.06 bits per heavy atom. The first-order chi connectivity index (χ1) is 16.1. The molecule has 0 fully saturated rings. The normalized spacial score (nSPS) is 11.5. The van der Waals surface area contributed by atoms with E-state index in [4.69, 9.17) is 4.74 Å². The van der Waals surface area contributed by atoms with E-state index >= 15 is 0 Å². The largest absolute Gasteiger partial charge is 0.406 e. The van der Waals surface area contributed by atoms with Crippen LogP contribution in [-0.2, 0) is 16.8 Å². The molecule has 0 aliphatic rings. The fourth-order valence-electron chi connectivity index (χ4n) is 3.70. The smallest absolute Gasteiger partial charge is 0.317 e. The molecule has 0 unspecified atom stereocenters. The number of fused-ring (bicyclic) bond motifs is 1. The van der Waals surface area contributed by atoms with Gasteiger partial charge in [0.25, 0.3) is 5.69 Å². The van der Waals surface area contributed by atoms with Crippen LogP contribution in [0.2, 0.25) is 0 Å². The number of aryl methyl sites for hydroxylation is 1. The van der Waals surface area contributed by atoms with Crippen molar-refractivity contribution in [1.82, 2.24) is 9.78 Å². The zero-order valence-electron chi connectivity index (χ0n) is 19.4. The lowest BCUT2D eigenvalue weighted by Gasteiger charge is -2.22. The summed E-state index contributed by atoms with van der Waals surface area (Å²) in [4.78, 5) is 25.2. The molecule has 0 amide bonds. The standard InChI is InChI=1S/C26H25N3O4S/c1-17-24(34-22-15-8-7-14-21(22)29(31)32)25(28(27-17)26(2,3)4)33-23(30)16-19-12-9-11-18-10-5-6-13-20(18)19/h5-15H,16H2,1-4H3. The Morgan fingerprint density at radius 3 is 2.47 bits per heavy atom. The van der Waals surface area contributed by atoms with Gasteiger partial charge in [-0.25, -0.2) is 4.68 Å². The Kier molecular flexibility index (Phi) is 6.43. The Hall–Kier alpha value is -3.65. The van der Waals surface area contributed by atoms with E-state index in [2.05, 4.69) is 5.10 Å². The molecule has 1 heterocycles. The van der Waals surface area contributed by atoms with E-state index in [1.807, 2.05) is 63.2 Å². The summed E-state index contributed by atoms with van der Waals surface area (Å²) in [6.45, 7) is 7.68. The van der Waals surface area contributed by atoms with Crippen LogP contribution in [0.25, 0.3) is 10.8 Å². The fourth-order valence-corrected chi connectivity index (χ4v) is 4.72. The molecule has 0 spiro atoms. The van der Waals surface area contributed by atoms with Crippen LogP contribution in [0.15, 0.2) is 76.5 Å². The molecular formula is C26H25N3O4S. The van der Waals surface area contributed by atoms with Gasteiger partial charge < -0.3 is 4.74 Å². The van der Waals surface area contributed by atoms with Crippen LogP contribution in [0.1, 0.15) is 32.0 Å². The molecule has 0 aliphatic heterocycles. The van der Waals surface area contributed by atoms with Crippen molar-refractivity contribution in [3.05, 3.63) is 88.1 Å². The van der Waals surface area contributed by atoms with Gasteiger partial charge in [0.2, 0.25) is 5.88 Å². The van der Waals surface area contributed by atoms with Crippen LogP contribution in [0, 0.1) is 17.0 Å². The summed E-state index contributed by atoms with van der Waals surface area (Å²) in [6.07, 6.45) is 0.0886. The van der Waals surface area contributed by atoms with E-state index in [1.54, 1.807) is 29.8 Å². The summed E-state index contributed by atoms with van der Waals surface area (Å²) in [5.41, 5.74) is 1.02. The van der Waals surface area contributed by atoms with Gasteiger partial charge in [-0.2, -0.15) is 5.10 Å². The number of nitro benzene ring substituents is 1. The van der Waals surface area contributed by atoms with Crippen LogP contribution in [0.4, 0.5) is 5.69 Å². The van der Waals surface area contributed by atoms with E-state index in [0.717, 1.165) is 16.3 Å². The van der Waals surface area contributed by atoms with Crippen molar-refractivity contribution in [3.8, 4) is 5.88 Å². The van der Waals surface area contributed by atoms with Crippen molar-refractivity contribution in [3.63, 3.8) is 0 Å². The van der Waals surface area contributed by atoms with Gasteiger partial charge in [-0.3, -0.25) is 14.9 Å². The van der Waals surface area contributed by atoms with Crippen molar-refractivity contribution in [2.24, 2.45) is 0 Å². The van der Waals surface area contributed by atoms with Crippen molar-refractivity contribution in [1.29, 1.82) is 0 Å². The maximum atomic E-state index is 13.1. The Balaban J connectivity index is 1.70. The van der Waals surface area contributed by atoms with E-state index in [0.29, 0.717) is 21.4 Å². The average Bonchev–Trinajstić information content (AvgIpc) is 3.09. The highest BCUT2D eigenvalue weighted by Gasteiger charge is 2.29. The molecule has 1 aromatic heterocycles. The third-order valence-corrected chi connectivity index (χ3v) is 6.54. The lowest BCUT2D eigenvalue weighted by Crippen LogP contribution is -2.26. The summed E-state index contributed by atoms with van der Waals surface area (Å²) >= 11 is 1.18. The number of carbonyl (C=O) groups excluding carboxylic acids is 1. The molecule has 0 radical (unpaired) electrons. The number of para-hydroxylation sites is 1. The van der Waals surface area contributed by atoms with Gasteiger partial charge in [0.05, 0.1) is 32.4 Å². The zero-order chi connectivity index (χ0) is 24.5. The third kappa shape index (κ3) is 4.82. The SMILES string of the molecule is Cc1nn(C(C)(C)C)c(OC(=O)Cc2cccc3ccccc23)c1Sc1ccccc1[N+](=O)[O-]. The summed E-state index contributed by atoms with van der Waals surface area (Å²) in [7, 11) is 0. The molecule has 34 heavy (non-hydrogen) atoms. The number of hydrogen-bond donors (Lipinski definition) is 0. The number of benzene rings is 3. The molecule has 4 aromatic rings. The molecule has 7 nitrogen and oxygen atoms in total. The number of rotatable bonds is 6. The number of esters is 1. The molecule has 0 saturated heterocycles. The summed E-state index contributed by atoms with van der Waals surface area (Å²) in [5.74, 6) is -0.135. The molecule has 0 bridgehead atoms. The van der Waals surface area contributed by atoms with Crippen LogP contribution in [0.5, 0.6) is 5.88 Å². The van der Waals surface area contributed by atoms with Gasteiger partial charge in [-0.15, -0.1) is 0 Å². The maximum absolute atomic E-state index is 13.1. The predicted octanol–water partition coefficient (Wildman–Crippen LogP) is 6.31. The second-order valence-electron chi connectivity index (χ2n) is 8.92. The number of ether oxygens (including phenoxy) is 1. The lowest BCUT2D eigenvalue weighted by atomic mass is 10.0. The Bertz CT molecular complexity index is 1380. The van der Waals surface area contributed by atoms with Gasteiger partial charge in [-0.05, 0) is 50.1 Å². The monoisotopic (exact) mass is 475 g/mol. The maximum Gasteiger partial charge on any atom is 0.317 e. The molecule has 0 N–H and O–H groups in total. The number of nitrogens with zero attached hydrogens (tertiary/aromatic N) is 3. The van der Waals surface area contributed by atoms with Gasteiger partial charge in [0.15, 0.2) is 0 Å². The molecule has 0 atom stereocenters. The lowest BCUT2D eigenvalue weighted by molar-refractivity contribution is -0.387. The topological polar surface area (TPSA) is 87.3 Å². The summed E-state index contributed by atoms with van der Waals surface area (Å²) in [6, 6.07) is 20.2. The summed E-state index contributed by atoms with van der Waals surface area (Å²) < 4.78 is 7.59. The fraction of sp³-hybridized carbons (Fsp3) is 0.231. The van der Waals surface area contributed by atoms with Crippen LogP contribution < -0.4 is 4.74 Å². The van der Waals surface area contributed by atoms with Crippen molar-refractivity contribution >= 4 is 34.2 Å². The summed E-state index contributed by atoms with van der Waals surface area (Å²) in [5, 5.41) is 18.2. The number of aromatic nitrogens is 2. The minimum absolute atomic E-state index is 0.0107. The van der Waals surface area contributed by atoms with Gasteiger partial charge in [0.1, 0.15) is 0 Å². The van der Waals surface area contributed by atoms with Gasteiger partial charge in [-0.1, -0.05) is 66.4 Å². The molecule has 0 saturated carbocycles. The first kappa shape index (κ1) is 23.5. The molecule has 8 heteroatoms. The third-order valence-electron chi connectivity index (χ3n) is 5.30. The molecule has 174 valence electrons. The van der Waals surface area contributed by atoms with Crippen molar-refractivity contribution in [2.75, 3.05) is 0 Å². The minimum Gasteiger partial charge on any atom is -0.406 e. The van der Waals surface area contributed by atoms with E-state index in [-0.39, 0.29) is 12.1 Å². The quantitative estimate of drug-likeness (QED) is 0.185. The Morgan fingerprint density at radius 2 is 1.74 bits per heavy atom. The molecule has 4 rings (SSSR count). The van der Waals surface area contributed by atoms with Crippen LogP contribution in [0.3, 0.4) is 0 Å². The second-order valence-corrected chi connectivity index (χ2v) is 9.97. The molecule has 3 aromatic carbocycles. The molecular weight excluding hydrogens is 450 g/mol. The van der Waals surface area contributed by atoms with E-state index in [9.17, 15) is 14.9 Å². The van der Waals surface area contributed by atoms with E-state index in [1.165, 1.54) is 17.8 Å². The average molecular weight is 476 g/mol. The van der Waals surface area contributed by atoms with Gasteiger partial charge >= 0.3 is 5.97 Å². The van der Waals surface area contributed by atoms with Crippen molar-refractivity contribution in [2.45, 2.75) is 49.4 Å². The second kappa shape index (κ2) is 9.30. The van der Waals surface area contributed by atoms with Gasteiger partial charge in [0, 0.05) is 6.07 Å². The first-order valence-corrected chi connectivity index (χ1v) is 11.7. The zero-order valence-corrected chi connectivity index (χ0v) is 20.3. The first-order valence-electron chi connectivity index (χ1n) is 10.8. The highest BCUT2D eigenvalue weighted by Crippen LogP contribution is 2.43. The van der Waals surface area contributed by atoms with Crippen LogP contribution in [-0.4, -0.2) is 20.7 Å². The number of hydrogen-bond acceptors (Lipinski definition) is 6. The molecule has 0 aliphatic carbocycles. The number of carbonyl (C=O) groups is 1. The highest BCUT2D eigenvalue weighted by molar-refractivity contribution is 7.99. The minimum atomic E-state index is -0.471. The highest BCUT2D eigenvalue weighted by atomic mass is 32.2. The Labute approximate surface area is 201 Å². The van der Waals surface area contributed by atoms with E-state index < -0.39 is 16.4 Å².